The molecule has 1 aromatic carbocycles. The SMILES string of the molecule is CC.NCC1CN(c2ncnc3[nH]cc(-c4cccc(C(N)=O)c4)c23)CCO1. The average molecular weight is 382 g/mol. The van der Waals surface area contributed by atoms with E-state index in [0.717, 1.165) is 34.5 Å². The number of primary amides is 1. The van der Waals surface area contributed by atoms with Gasteiger partial charge >= 0.3 is 0 Å². The number of aromatic amines is 1. The minimum Gasteiger partial charge on any atom is -0.373 e. The monoisotopic (exact) mass is 382 g/mol. The highest BCUT2D eigenvalue weighted by molar-refractivity contribution is 6.02. The van der Waals surface area contributed by atoms with Gasteiger partial charge in [-0.25, -0.2) is 9.97 Å². The van der Waals surface area contributed by atoms with Crippen LogP contribution in [0.5, 0.6) is 0 Å². The lowest BCUT2D eigenvalue weighted by molar-refractivity contribution is 0.0464. The molecule has 5 N–H and O–H groups in total. The Kier molecular flexibility index (Phi) is 6.23. The van der Waals surface area contributed by atoms with Crippen LogP contribution in [-0.4, -0.2) is 53.2 Å². The third-order valence-corrected chi connectivity index (χ3v) is 4.61. The topological polar surface area (TPSA) is 123 Å². The van der Waals surface area contributed by atoms with Gasteiger partial charge in [0.25, 0.3) is 0 Å². The molecule has 3 aromatic rings. The van der Waals surface area contributed by atoms with Crippen LogP contribution in [-0.2, 0) is 4.74 Å². The first-order valence-corrected chi connectivity index (χ1v) is 9.46. The first-order valence-electron chi connectivity index (χ1n) is 9.46. The largest absolute Gasteiger partial charge is 0.373 e. The van der Waals surface area contributed by atoms with Gasteiger partial charge in [-0.2, -0.15) is 0 Å². The molecule has 1 atom stereocenters. The molecule has 2 aromatic heterocycles. The van der Waals surface area contributed by atoms with Crippen LogP contribution in [0.1, 0.15) is 24.2 Å². The average Bonchev–Trinajstić information content (AvgIpc) is 3.19. The summed E-state index contributed by atoms with van der Waals surface area (Å²) >= 11 is 0. The van der Waals surface area contributed by atoms with Crippen molar-refractivity contribution in [3.05, 3.63) is 42.4 Å². The fourth-order valence-electron chi connectivity index (χ4n) is 3.31. The van der Waals surface area contributed by atoms with Crippen molar-refractivity contribution in [3.8, 4) is 11.1 Å². The van der Waals surface area contributed by atoms with Crippen LogP contribution in [0.25, 0.3) is 22.2 Å². The second kappa shape index (κ2) is 8.81. The molecule has 1 aliphatic rings. The number of fused-ring (bicyclic) bond motifs is 1. The van der Waals surface area contributed by atoms with E-state index in [9.17, 15) is 4.79 Å². The van der Waals surface area contributed by atoms with Crippen molar-refractivity contribution in [2.24, 2.45) is 11.5 Å². The molecule has 28 heavy (non-hydrogen) atoms. The highest BCUT2D eigenvalue weighted by Gasteiger charge is 2.24. The number of nitrogens with one attached hydrogen (secondary N) is 1. The molecule has 4 rings (SSSR count). The third kappa shape index (κ3) is 3.83. The van der Waals surface area contributed by atoms with E-state index in [1.807, 2.05) is 32.2 Å². The van der Waals surface area contributed by atoms with Crippen LogP contribution in [0, 0.1) is 0 Å². The molecule has 0 bridgehead atoms. The van der Waals surface area contributed by atoms with Gasteiger partial charge in [0.1, 0.15) is 17.8 Å². The number of nitrogens with two attached hydrogens (primary N) is 2. The zero-order valence-electron chi connectivity index (χ0n) is 16.2. The Morgan fingerprint density at radius 2 is 2.18 bits per heavy atom. The normalized spacial score (nSPS) is 16.5. The Labute approximate surface area is 163 Å². The molecule has 1 saturated heterocycles. The van der Waals surface area contributed by atoms with Gasteiger partial charge in [-0.3, -0.25) is 4.79 Å². The summed E-state index contributed by atoms with van der Waals surface area (Å²) in [5.41, 5.74) is 14.2. The first kappa shape index (κ1) is 19.8. The van der Waals surface area contributed by atoms with Crippen LogP contribution in [0.2, 0.25) is 0 Å². The van der Waals surface area contributed by atoms with Crippen LogP contribution in [0.4, 0.5) is 5.82 Å². The standard InChI is InChI=1S/C18H20N6O2.C2H6/c19-7-13-9-24(4-5-26-13)18-15-14(8-21-17(15)22-10-23-18)11-2-1-3-12(6-11)16(20)25;1-2/h1-3,6,8,10,13H,4-5,7,9,19H2,(H2,20,25)(H,21,22,23);1-2H3. The third-order valence-electron chi connectivity index (χ3n) is 4.61. The molecule has 8 heteroatoms. The predicted molar refractivity (Wildman–Crippen MR) is 110 cm³/mol. The number of carbonyl (C=O) groups excluding carboxylic acids is 1. The molecule has 1 amide bonds. The Hall–Kier alpha value is -2.97. The molecule has 148 valence electrons. The number of rotatable bonds is 4. The highest BCUT2D eigenvalue weighted by atomic mass is 16.5. The Morgan fingerprint density at radius 1 is 1.36 bits per heavy atom. The number of ether oxygens (including phenoxy) is 1. The summed E-state index contributed by atoms with van der Waals surface area (Å²) in [6.45, 7) is 6.47. The summed E-state index contributed by atoms with van der Waals surface area (Å²) in [6, 6.07) is 7.24. The molecule has 0 spiro atoms. The van der Waals surface area contributed by atoms with Crippen molar-refractivity contribution in [2.45, 2.75) is 20.0 Å². The highest BCUT2D eigenvalue weighted by Crippen LogP contribution is 2.34. The molecule has 0 saturated carbocycles. The number of carbonyl (C=O) groups is 1. The van der Waals surface area contributed by atoms with E-state index in [1.54, 1.807) is 18.5 Å². The van der Waals surface area contributed by atoms with E-state index >= 15 is 0 Å². The maximum absolute atomic E-state index is 11.5. The smallest absolute Gasteiger partial charge is 0.248 e. The maximum atomic E-state index is 11.5. The van der Waals surface area contributed by atoms with E-state index in [0.29, 0.717) is 25.3 Å². The predicted octanol–water partition coefficient (Wildman–Crippen LogP) is 1.91. The van der Waals surface area contributed by atoms with Gasteiger partial charge in [-0.05, 0) is 17.7 Å². The van der Waals surface area contributed by atoms with Crippen LogP contribution in [0.15, 0.2) is 36.8 Å². The van der Waals surface area contributed by atoms with Crippen molar-refractivity contribution in [1.29, 1.82) is 0 Å². The maximum Gasteiger partial charge on any atom is 0.248 e. The van der Waals surface area contributed by atoms with Crippen LogP contribution < -0.4 is 16.4 Å². The summed E-state index contributed by atoms with van der Waals surface area (Å²) < 4.78 is 5.66. The second-order valence-corrected chi connectivity index (χ2v) is 6.24. The molecule has 0 radical (unpaired) electrons. The Balaban J connectivity index is 0.00000109. The quantitative estimate of drug-likeness (QED) is 0.633. The summed E-state index contributed by atoms with van der Waals surface area (Å²) in [5, 5.41) is 0.909. The molecule has 1 fully saturated rings. The number of aromatic nitrogens is 3. The van der Waals surface area contributed by atoms with E-state index < -0.39 is 5.91 Å². The summed E-state index contributed by atoms with van der Waals surface area (Å²) in [6.07, 6.45) is 3.41. The van der Waals surface area contributed by atoms with E-state index in [1.165, 1.54) is 0 Å². The Morgan fingerprint density at radius 3 is 2.93 bits per heavy atom. The molecule has 1 unspecified atom stereocenters. The van der Waals surface area contributed by atoms with Crippen LogP contribution >= 0.6 is 0 Å². The van der Waals surface area contributed by atoms with Crippen molar-refractivity contribution in [3.63, 3.8) is 0 Å². The molecule has 0 aliphatic carbocycles. The molecule has 8 nitrogen and oxygen atoms in total. The Bertz CT molecular complexity index is 955. The number of hydrogen-bond donors (Lipinski definition) is 3. The van der Waals surface area contributed by atoms with Gasteiger partial charge in [0.15, 0.2) is 0 Å². The van der Waals surface area contributed by atoms with Gasteiger partial charge < -0.3 is 26.1 Å². The summed E-state index contributed by atoms with van der Waals surface area (Å²) in [4.78, 5) is 25.7. The van der Waals surface area contributed by atoms with Crippen molar-refractivity contribution < 1.29 is 9.53 Å². The fourth-order valence-corrected chi connectivity index (χ4v) is 3.31. The fraction of sp³-hybridized carbons (Fsp3) is 0.350. The summed E-state index contributed by atoms with van der Waals surface area (Å²) in [7, 11) is 0. The van der Waals surface area contributed by atoms with Crippen molar-refractivity contribution in [2.75, 3.05) is 31.1 Å². The number of H-pyrrole nitrogens is 1. The molecular weight excluding hydrogens is 356 g/mol. The van der Waals surface area contributed by atoms with Gasteiger partial charge in [-0.15, -0.1) is 0 Å². The first-order chi connectivity index (χ1) is 13.7. The molecular formula is C20H26N6O2. The number of benzene rings is 1. The zero-order chi connectivity index (χ0) is 20.1. The van der Waals surface area contributed by atoms with Gasteiger partial charge in [0, 0.05) is 37.0 Å². The van der Waals surface area contributed by atoms with Crippen molar-refractivity contribution >= 4 is 22.8 Å². The lowest BCUT2D eigenvalue weighted by atomic mass is 10.0. The molecule has 1 aliphatic heterocycles. The van der Waals surface area contributed by atoms with Gasteiger partial charge in [-0.1, -0.05) is 26.0 Å². The minimum absolute atomic E-state index is 0.0191. The van der Waals surface area contributed by atoms with Gasteiger partial charge in [0.2, 0.25) is 5.91 Å². The number of nitrogens with zero attached hydrogens (tertiary/aromatic N) is 3. The van der Waals surface area contributed by atoms with Crippen molar-refractivity contribution in [1.82, 2.24) is 15.0 Å². The second-order valence-electron chi connectivity index (χ2n) is 6.24. The molecule has 3 heterocycles. The summed E-state index contributed by atoms with van der Waals surface area (Å²) in [5.74, 6) is 0.375. The van der Waals surface area contributed by atoms with Crippen LogP contribution in [0.3, 0.4) is 0 Å². The van der Waals surface area contributed by atoms with Gasteiger partial charge in [0.05, 0.1) is 18.1 Å². The minimum atomic E-state index is -0.456. The zero-order valence-corrected chi connectivity index (χ0v) is 16.2. The lowest BCUT2D eigenvalue weighted by Crippen LogP contribution is -2.46. The number of anilines is 1. The number of morpholine rings is 1. The number of amides is 1. The van der Waals surface area contributed by atoms with E-state index in [2.05, 4.69) is 19.9 Å². The lowest BCUT2D eigenvalue weighted by Gasteiger charge is -2.33. The van der Waals surface area contributed by atoms with E-state index in [4.69, 9.17) is 16.2 Å². The van der Waals surface area contributed by atoms with E-state index in [-0.39, 0.29) is 6.10 Å². The number of hydrogen-bond acceptors (Lipinski definition) is 6.